The maximum absolute atomic E-state index is 11.3. The Balaban J connectivity index is 1.89. The van der Waals surface area contributed by atoms with Gasteiger partial charge in [-0.2, -0.15) is 0 Å². The normalized spacial score (nSPS) is 42.6. The summed E-state index contributed by atoms with van der Waals surface area (Å²) in [5, 5.41) is 19.6. The zero-order valence-corrected chi connectivity index (χ0v) is 15.7. The van der Waals surface area contributed by atoms with E-state index in [2.05, 4.69) is 41.5 Å². The molecule has 3 rings (SSSR count). The number of ether oxygens (including phenoxy) is 1. The Hall–Kier alpha value is -0.473. The van der Waals surface area contributed by atoms with Crippen LogP contribution in [0.3, 0.4) is 0 Å². The summed E-state index contributed by atoms with van der Waals surface area (Å²) < 4.78 is 18.7. The van der Waals surface area contributed by atoms with Crippen LogP contribution >= 0.6 is 0 Å². The van der Waals surface area contributed by atoms with Gasteiger partial charge in [0.15, 0.2) is 0 Å². The minimum atomic E-state index is -2.68. The van der Waals surface area contributed by atoms with Crippen molar-refractivity contribution in [2.75, 3.05) is 6.61 Å². The zero-order chi connectivity index (χ0) is 17.4. The third-order valence-corrected chi connectivity index (χ3v) is 10.6. The highest BCUT2D eigenvalue weighted by Crippen LogP contribution is 2.58. The average molecular weight is 344 g/mol. The maximum Gasteiger partial charge on any atom is 0.349 e. The molecule has 7 heteroatoms. The molecule has 1 saturated carbocycles. The van der Waals surface area contributed by atoms with Crippen LogP contribution in [0.25, 0.3) is 0 Å². The molecule has 2 aliphatic heterocycles. The molecular formula is C16H28O6Si. The highest BCUT2D eigenvalue weighted by atomic mass is 28.4. The van der Waals surface area contributed by atoms with Gasteiger partial charge < -0.3 is 23.8 Å². The highest BCUT2D eigenvalue weighted by Gasteiger charge is 2.70. The number of hydrogen-bond acceptors (Lipinski definition) is 5. The van der Waals surface area contributed by atoms with Crippen LogP contribution in [-0.4, -0.2) is 55.8 Å². The van der Waals surface area contributed by atoms with Gasteiger partial charge in [-0.3, -0.25) is 4.79 Å². The quantitative estimate of drug-likeness (QED) is 0.707. The molecule has 1 unspecified atom stereocenters. The molecule has 0 amide bonds. The van der Waals surface area contributed by atoms with Crippen LogP contribution in [0.1, 0.15) is 41.5 Å². The lowest BCUT2D eigenvalue weighted by Gasteiger charge is -2.56. The van der Waals surface area contributed by atoms with Crippen molar-refractivity contribution in [2.24, 2.45) is 11.8 Å². The van der Waals surface area contributed by atoms with E-state index in [1.54, 1.807) is 0 Å². The number of aliphatic carboxylic acids is 1. The Labute approximate surface area is 138 Å². The SMILES string of the molecule is CC(C)(C)[Si]1(C(C)(C)C)OC[C@H]2OC3[C@@H]([C@@H](O)[C@H]2O1)[C@H]3C(=O)O. The molecule has 0 bridgehead atoms. The summed E-state index contributed by atoms with van der Waals surface area (Å²) in [5.74, 6) is -1.90. The van der Waals surface area contributed by atoms with Crippen molar-refractivity contribution in [1.29, 1.82) is 0 Å². The first-order valence-electron chi connectivity index (χ1n) is 8.29. The first-order chi connectivity index (χ1) is 10.4. The fourth-order valence-corrected chi connectivity index (χ4v) is 9.49. The molecule has 0 aromatic carbocycles. The number of carbonyl (C=O) groups is 1. The van der Waals surface area contributed by atoms with E-state index >= 15 is 0 Å². The average Bonchev–Trinajstić information content (AvgIpc) is 3.10. The van der Waals surface area contributed by atoms with Crippen LogP contribution in [0.15, 0.2) is 0 Å². The van der Waals surface area contributed by atoms with Gasteiger partial charge in [0, 0.05) is 16.0 Å². The molecular weight excluding hydrogens is 316 g/mol. The molecule has 3 aliphatic rings. The van der Waals surface area contributed by atoms with E-state index in [0.717, 1.165) is 0 Å². The van der Waals surface area contributed by atoms with Crippen molar-refractivity contribution >= 4 is 14.5 Å². The molecule has 6 nitrogen and oxygen atoms in total. The lowest BCUT2D eigenvalue weighted by atomic mass is 10.0. The van der Waals surface area contributed by atoms with Crippen molar-refractivity contribution in [2.45, 2.75) is 76.0 Å². The third-order valence-electron chi connectivity index (χ3n) is 5.45. The van der Waals surface area contributed by atoms with E-state index in [0.29, 0.717) is 6.61 Å². The Morgan fingerprint density at radius 2 is 1.65 bits per heavy atom. The molecule has 6 atom stereocenters. The number of hydrogen-bond donors (Lipinski definition) is 2. The van der Waals surface area contributed by atoms with E-state index in [9.17, 15) is 15.0 Å². The second-order valence-electron chi connectivity index (χ2n) is 9.08. The van der Waals surface area contributed by atoms with E-state index in [-0.39, 0.29) is 22.1 Å². The second kappa shape index (κ2) is 5.02. The van der Waals surface area contributed by atoms with Gasteiger partial charge in [-0.05, 0) is 0 Å². The minimum Gasteiger partial charge on any atom is -0.481 e. The minimum absolute atomic E-state index is 0.178. The van der Waals surface area contributed by atoms with Gasteiger partial charge in [-0.1, -0.05) is 41.5 Å². The second-order valence-corrected chi connectivity index (χ2v) is 13.8. The summed E-state index contributed by atoms with van der Waals surface area (Å²) in [6.07, 6.45) is -2.10. The lowest BCUT2D eigenvalue weighted by molar-refractivity contribution is -0.179. The molecule has 23 heavy (non-hydrogen) atoms. The molecule has 2 heterocycles. The third kappa shape index (κ3) is 2.40. The van der Waals surface area contributed by atoms with Gasteiger partial charge in [0.1, 0.15) is 12.2 Å². The number of carboxylic acid groups (broad SMARTS) is 1. The monoisotopic (exact) mass is 344 g/mol. The Morgan fingerprint density at radius 1 is 1.09 bits per heavy atom. The summed E-state index contributed by atoms with van der Waals surface area (Å²) in [6.45, 7) is 13.0. The smallest absolute Gasteiger partial charge is 0.349 e. The predicted octanol–water partition coefficient (Wildman–Crippen LogP) is 1.90. The number of fused-ring (bicyclic) bond motifs is 2. The van der Waals surface area contributed by atoms with E-state index < -0.39 is 38.8 Å². The first-order valence-corrected chi connectivity index (χ1v) is 10.1. The van der Waals surface area contributed by atoms with Crippen LogP contribution in [0, 0.1) is 11.8 Å². The first kappa shape index (κ1) is 17.4. The highest BCUT2D eigenvalue weighted by molar-refractivity contribution is 6.73. The Bertz CT molecular complexity index is 494. The van der Waals surface area contributed by atoms with Crippen LogP contribution in [0.2, 0.25) is 10.1 Å². The van der Waals surface area contributed by atoms with Crippen molar-refractivity contribution < 1.29 is 28.6 Å². The molecule has 0 aromatic rings. The molecule has 0 spiro atoms. The Morgan fingerprint density at radius 3 is 2.13 bits per heavy atom. The molecule has 132 valence electrons. The van der Waals surface area contributed by atoms with E-state index in [4.69, 9.17) is 13.6 Å². The maximum atomic E-state index is 11.3. The molecule has 0 aromatic heterocycles. The largest absolute Gasteiger partial charge is 0.481 e. The molecule has 3 fully saturated rings. The van der Waals surface area contributed by atoms with Crippen LogP contribution < -0.4 is 0 Å². The van der Waals surface area contributed by atoms with Crippen LogP contribution in [0.5, 0.6) is 0 Å². The van der Waals surface area contributed by atoms with E-state index in [1.165, 1.54) is 0 Å². The Kier molecular flexibility index (Phi) is 3.78. The fraction of sp³-hybridized carbons (Fsp3) is 0.938. The van der Waals surface area contributed by atoms with Crippen molar-refractivity contribution in [1.82, 2.24) is 0 Å². The molecule has 1 aliphatic carbocycles. The van der Waals surface area contributed by atoms with Gasteiger partial charge >= 0.3 is 14.5 Å². The van der Waals surface area contributed by atoms with Crippen molar-refractivity contribution in [3.8, 4) is 0 Å². The van der Waals surface area contributed by atoms with E-state index in [1.807, 2.05) is 0 Å². The van der Waals surface area contributed by atoms with Crippen molar-refractivity contribution in [3.05, 3.63) is 0 Å². The summed E-state index contributed by atoms with van der Waals surface area (Å²) in [7, 11) is -2.68. The topological polar surface area (TPSA) is 85.2 Å². The summed E-state index contributed by atoms with van der Waals surface area (Å²) in [5.41, 5.74) is 0. The summed E-state index contributed by atoms with van der Waals surface area (Å²) in [6, 6.07) is 0. The summed E-state index contributed by atoms with van der Waals surface area (Å²) in [4.78, 5) is 11.3. The fourth-order valence-electron chi connectivity index (χ4n) is 4.53. The number of aliphatic hydroxyl groups excluding tert-OH is 1. The standard InChI is InChI=1S/C16H28O6Si/c1-15(2,3)23(16(4,5)6)20-7-8-12(22-23)11(17)9-10(14(18)19)13(9)21-8/h8-13,17H,7H2,1-6H3,(H,18,19)/t8-,9-,10-,11-,12+,13?/m1/s1. The van der Waals surface area contributed by atoms with Crippen LogP contribution in [-0.2, 0) is 18.4 Å². The van der Waals surface area contributed by atoms with Gasteiger partial charge in [0.05, 0.1) is 24.7 Å². The van der Waals surface area contributed by atoms with Crippen LogP contribution in [0.4, 0.5) is 0 Å². The lowest BCUT2D eigenvalue weighted by Crippen LogP contribution is -2.68. The summed E-state index contributed by atoms with van der Waals surface area (Å²) >= 11 is 0. The van der Waals surface area contributed by atoms with Gasteiger partial charge in [-0.15, -0.1) is 0 Å². The van der Waals surface area contributed by atoms with Crippen molar-refractivity contribution in [3.63, 3.8) is 0 Å². The van der Waals surface area contributed by atoms with Gasteiger partial charge in [-0.25, -0.2) is 0 Å². The number of carboxylic acids is 1. The van der Waals surface area contributed by atoms with Gasteiger partial charge in [0.25, 0.3) is 0 Å². The molecule has 0 radical (unpaired) electrons. The predicted molar refractivity (Wildman–Crippen MR) is 85.3 cm³/mol. The van der Waals surface area contributed by atoms with Gasteiger partial charge in [0.2, 0.25) is 0 Å². The molecule has 2 saturated heterocycles. The number of rotatable bonds is 1. The molecule has 2 N–H and O–H groups in total. The zero-order valence-electron chi connectivity index (χ0n) is 14.7. The number of aliphatic hydroxyl groups is 1.